The Hall–Kier alpha value is -2.21. The van der Waals surface area contributed by atoms with Crippen LogP contribution < -0.4 is 5.32 Å². The minimum absolute atomic E-state index is 0.103. The fourth-order valence-corrected chi connectivity index (χ4v) is 3.95. The highest BCUT2D eigenvalue weighted by Crippen LogP contribution is 2.25. The van der Waals surface area contributed by atoms with E-state index in [-0.39, 0.29) is 11.8 Å². The second-order valence-electron chi connectivity index (χ2n) is 6.03. The van der Waals surface area contributed by atoms with Gasteiger partial charge in [0.15, 0.2) is 0 Å². The van der Waals surface area contributed by atoms with Crippen LogP contribution in [0.25, 0.3) is 0 Å². The zero-order valence-corrected chi connectivity index (χ0v) is 14.9. The number of hydrogen-bond donors (Lipinski definition) is 1. The highest BCUT2D eigenvalue weighted by Gasteiger charge is 2.36. The van der Waals surface area contributed by atoms with Gasteiger partial charge in [-0.2, -0.15) is 0 Å². The molecule has 1 aliphatic heterocycles. The molecule has 126 valence electrons. The number of benzene rings is 1. The average molecular weight is 343 g/mol. The van der Waals surface area contributed by atoms with Gasteiger partial charge in [-0.05, 0) is 43.2 Å². The first-order valence-corrected chi connectivity index (χ1v) is 9.01. The highest BCUT2D eigenvalue weighted by molar-refractivity contribution is 7.99. The first-order valence-electron chi connectivity index (χ1n) is 7.86. The molecule has 5 nitrogen and oxygen atoms in total. The number of nitrogens with zero attached hydrogens (tertiary/aromatic N) is 2. The van der Waals surface area contributed by atoms with E-state index >= 15 is 0 Å². The summed E-state index contributed by atoms with van der Waals surface area (Å²) in [5.74, 6) is 0.923. The van der Waals surface area contributed by atoms with Crippen molar-refractivity contribution in [1.29, 1.82) is 0 Å². The van der Waals surface area contributed by atoms with Crippen LogP contribution in [0, 0.1) is 13.8 Å². The molecule has 1 N–H and O–H groups in total. The molecule has 1 atom stereocenters. The molecule has 1 aromatic carbocycles. The molecule has 0 unspecified atom stereocenters. The predicted molar refractivity (Wildman–Crippen MR) is 97.2 cm³/mol. The van der Waals surface area contributed by atoms with Crippen molar-refractivity contribution in [2.24, 2.45) is 7.05 Å². The topological polar surface area (TPSA) is 54.3 Å². The predicted octanol–water partition coefficient (Wildman–Crippen LogP) is 2.80. The van der Waals surface area contributed by atoms with E-state index in [0.29, 0.717) is 17.3 Å². The van der Waals surface area contributed by atoms with E-state index in [4.69, 9.17) is 0 Å². The van der Waals surface area contributed by atoms with Crippen LogP contribution in [0.3, 0.4) is 0 Å². The molecule has 0 radical (unpaired) electrons. The lowest BCUT2D eigenvalue weighted by Crippen LogP contribution is -2.45. The lowest BCUT2D eigenvalue weighted by molar-refractivity contribution is -0.119. The molecule has 2 aromatic rings. The quantitative estimate of drug-likeness (QED) is 0.932. The number of aryl methyl sites for hydroxylation is 2. The van der Waals surface area contributed by atoms with E-state index in [1.165, 1.54) is 0 Å². The Labute approximate surface area is 146 Å². The number of hydrogen-bond acceptors (Lipinski definition) is 3. The zero-order chi connectivity index (χ0) is 17.3. The van der Waals surface area contributed by atoms with E-state index in [1.807, 2.05) is 51.4 Å². The number of thioether (sulfide) groups is 1. The van der Waals surface area contributed by atoms with E-state index in [9.17, 15) is 9.59 Å². The van der Waals surface area contributed by atoms with Gasteiger partial charge < -0.3 is 14.8 Å². The van der Waals surface area contributed by atoms with Crippen LogP contribution in [-0.4, -0.2) is 39.0 Å². The van der Waals surface area contributed by atoms with Gasteiger partial charge >= 0.3 is 0 Å². The van der Waals surface area contributed by atoms with Gasteiger partial charge in [0.1, 0.15) is 11.7 Å². The lowest BCUT2D eigenvalue weighted by atomic mass is 10.1. The van der Waals surface area contributed by atoms with Crippen LogP contribution in [-0.2, 0) is 11.8 Å². The van der Waals surface area contributed by atoms with Crippen molar-refractivity contribution in [1.82, 2.24) is 9.47 Å². The van der Waals surface area contributed by atoms with E-state index in [0.717, 1.165) is 16.8 Å². The molecule has 0 spiro atoms. The molecule has 1 aromatic heterocycles. The molecule has 24 heavy (non-hydrogen) atoms. The Bertz CT molecular complexity index is 784. The molecule has 1 saturated heterocycles. The van der Waals surface area contributed by atoms with Gasteiger partial charge in [0.2, 0.25) is 5.91 Å². The van der Waals surface area contributed by atoms with Crippen molar-refractivity contribution >= 4 is 29.3 Å². The molecular weight excluding hydrogens is 322 g/mol. The van der Waals surface area contributed by atoms with E-state index in [2.05, 4.69) is 5.32 Å². The maximum absolute atomic E-state index is 12.7. The van der Waals surface area contributed by atoms with Gasteiger partial charge in [-0.1, -0.05) is 12.1 Å². The Morgan fingerprint density at radius 1 is 1.21 bits per heavy atom. The molecule has 0 aliphatic carbocycles. The van der Waals surface area contributed by atoms with Gasteiger partial charge in [-0.25, -0.2) is 0 Å². The number of amides is 2. The number of aromatic nitrogens is 1. The fourth-order valence-electron chi connectivity index (χ4n) is 2.79. The van der Waals surface area contributed by atoms with Crippen LogP contribution >= 0.6 is 11.8 Å². The number of anilines is 1. The maximum atomic E-state index is 12.7. The minimum atomic E-state index is -0.447. The Morgan fingerprint density at radius 2 is 2.00 bits per heavy atom. The first-order chi connectivity index (χ1) is 11.5. The van der Waals surface area contributed by atoms with Crippen molar-refractivity contribution in [2.75, 3.05) is 16.9 Å². The second kappa shape index (κ2) is 6.73. The highest BCUT2D eigenvalue weighted by atomic mass is 32.2. The number of rotatable bonds is 3. The summed E-state index contributed by atoms with van der Waals surface area (Å²) in [4.78, 5) is 27.1. The van der Waals surface area contributed by atoms with Crippen molar-refractivity contribution < 1.29 is 9.59 Å². The third kappa shape index (κ3) is 3.06. The summed E-state index contributed by atoms with van der Waals surface area (Å²) in [7, 11) is 1.83. The Morgan fingerprint density at radius 3 is 2.71 bits per heavy atom. The van der Waals surface area contributed by atoms with Crippen molar-refractivity contribution in [3.05, 3.63) is 53.3 Å². The molecule has 3 rings (SSSR count). The summed E-state index contributed by atoms with van der Waals surface area (Å²) in [6.07, 6.45) is 1.83. The minimum Gasteiger partial charge on any atom is -0.347 e. The normalized spacial score (nSPS) is 17.1. The van der Waals surface area contributed by atoms with Crippen molar-refractivity contribution in [2.45, 2.75) is 19.9 Å². The molecule has 0 bridgehead atoms. The summed E-state index contributed by atoms with van der Waals surface area (Å²) in [6, 6.07) is 9.01. The molecule has 1 aliphatic rings. The van der Waals surface area contributed by atoms with Crippen LogP contribution in [0.4, 0.5) is 5.69 Å². The summed E-state index contributed by atoms with van der Waals surface area (Å²) in [5.41, 5.74) is 3.59. The molecular formula is C18H21N3O2S. The third-order valence-corrected chi connectivity index (χ3v) is 5.48. The summed E-state index contributed by atoms with van der Waals surface area (Å²) < 4.78 is 1.78. The van der Waals surface area contributed by atoms with E-state index in [1.54, 1.807) is 27.3 Å². The van der Waals surface area contributed by atoms with Crippen LogP contribution in [0.2, 0.25) is 0 Å². The molecule has 2 heterocycles. The number of carbonyl (C=O) groups is 2. The summed E-state index contributed by atoms with van der Waals surface area (Å²) >= 11 is 1.60. The smallest absolute Gasteiger partial charge is 0.271 e. The fraction of sp³-hybridized carbons (Fsp3) is 0.333. The Balaban J connectivity index is 1.78. The monoisotopic (exact) mass is 343 g/mol. The number of nitrogens with one attached hydrogen (secondary N) is 1. The Kier molecular flexibility index (Phi) is 4.66. The maximum Gasteiger partial charge on any atom is 0.271 e. The molecule has 0 saturated carbocycles. The lowest BCUT2D eigenvalue weighted by Gasteiger charge is -2.23. The van der Waals surface area contributed by atoms with Crippen molar-refractivity contribution in [3.63, 3.8) is 0 Å². The molecule has 6 heteroatoms. The van der Waals surface area contributed by atoms with Crippen LogP contribution in [0.5, 0.6) is 0 Å². The first kappa shape index (κ1) is 16.6. The van der Waals surface area contributed by atoms with Gasteiger partial charge in [-0.3, -0.25) is 9.59 Å². The molecule has 1 fully saturated rings. The van der Waals surface area contributed by atoms with Crippen LogP contribution in [0.15, 0.2) is 36.5 Å². The SMILES string of the molecule is Cc1cccc(NC(=O)[C@@H]2CSCN2C(=O)c2cccn2C)c1C. The van der Waals surface area contributed by atoms with E-state index < -0.39 is 6.04 Å². The van der Waals surface area contributed by atoms with Gasteiger partial charge in [0.05, 0.1) is 5.88 Å². The zero-order valence-electron chi connectivity index (χ0n) is 14.1. The van der Waals surface area contributed by atoms with Gasteiger partial charge in [-0.15, -0.1) is 11.8 Å². The number of carbonyl (C=O) groups excluding carboxylic acids is 2. The largest absolute Gasteiger partial charge is 0.347 e. The third-order valence-electron chi connectivity index (χ3n) is 4.47. The summed E-state index contributed by atoms with van der Waals surface area (Å²) in [6.45, 7) is 4.00. The van der Waals surface area contributed by atoms with Gasteiger partial charge in [0.25, 0.3) is 5.91 Å². The average Bonchev–Trinajstić information content (AvgIpc) is 3.20. The molecule has 2 amide bonds. The second-order valence-corrected chi connectivity index (χ2v) is 7.03. The van der Waals surface area contributed by atoms with Crippen LogP contribution in [0.1, 0.15) is 21.6 Å². The van der Waals surface area contributed by atoms with Gasteiger partial charge in [0, 0.05) is 24.7 Å². The standard InChI is InChI=1S/C18H21N3O2S/c1-12-6-4-7-14(13(12)2)19-17(22)16-10-24-11-21(16)18(23)15-8-5-9-20(15)3/h4-9,16H,10-11H2,1-3H3,(H,19,22)/t16-/m0/s1. The van der Waals surface area contributed by atoms with Crippen molar-refractivity contribution in [3.8, 4) is 0 Å². The summed E-state index contributed by atoms with van der Waals surface area (Å²) in [5, 5.41) is 2.98.